The van der Waals surface area contributed by atoms with Crippen LogP contribution in [-0.4, -0.2) is 52.5 Å². The van der Waals surface area contributed by atoms with E-state index in [0.29, 0.717) is 32.2 Å². The van der Waals surface area contributed by atoms with E-state index in [1.807, 2.05) is 13.8 Å². The molecule has 0 spiro atoms. The third-order valence-electron chi connectivity index (χ3n) is 4.70. The molecule has 3 amide bonds. The fourth-order valence-electron chi connectivity index (χ4n) is 3.08. The number of hydrogen-bond acceptors (Lipinski definition) is 7. The Hall–Kier alpha value is -2.46. The van der Waals surface area contributed by atoms with E-state index in [1.165, 1.54) is 13.2 Å². The number of nitrogens with two attached hydrogens (primary N) is 1. The summed E-state index contributed by atoms with van der Waals surface area (Å²) < 4.78 is 5.45. The van der Waals surface area contributed by atoms with Gasteiger partial charge in [0.25, 0.3) is 5.91 Å². The fraction of sp³-hybridized carbons (Fsp3) is 0.684. The van der Waals surface area contributed by atoms with Gasteiger partial charge < -0.3 is 31.2 Å². The summed E-state index contributed by atoms with van der Waals surface area (Å²) in [7, 11) is 0. The average molecular weight is 409 g/mol. The molecule has 0 saturated heterocycles. The zero-order chi connectivity index (χ0) is 21.6. The number of aromatic nitrogens is 1. The highest BCUT2D eigenvalue weighted by atomic mass is 16.3. The molecule has 1 aromatic heterocycles. The van der Waals surface area contributed by atoms with Gasteiger partial charge in [-0.05, 0) is 38.5 Å². The lowest BCUT2D eigenvalue weighted by molar-refractivity contribution is -0.132. The normalized spacial score (nSPS) is 25.9. The third kappa shape index (κ3) is 6.53. The Labute approximate surface area is 170 Å². The number of nitrogens with zero attached hydrogens (tertiary/aromatic N) is 1. The van der Waals surface area contributed by atoms with Crippen molar-refractivity contribution in [1.29, 1.82) is 0 Å². The zero-order valence-corrected chi connectivity index (χ0v) is 17.1. The van der Waals surface area contributed by atoms with E-state index in [9.17, 15) is 19.5 Å². The summed E-state index contributed by atoms with van der Waals surface area (Å²) in [5.74, 6) is -1.09. The number of oxazole rings is 1. The molecule has 0 saturated carbocycles. The van der Waals surface area contributed by atoms with E-state index in [0.717, 1.165) is 0 Å². The summed E-state index contributed by atoms with van der Waals surface area (Å²) in [5, 5.41) is 18.1. The molecule has 1 aromatic rings. The minimum Gasteiger partial charge on any atom is -0.446 e. The Morgan fingerprint density at radius 2 is 1.93 bits per heavy atom. The van der Waals surface area contributed by atoms with Crippen LogP contribution < -0.4 is 21.7 Å². The molecule has 10 heteroatoms. The molecule has 2 heterocycles. The standard InChI is InChI=1S/C19H31N5O5/c1-10(2)8-13-19-23-14(9-29-19)17(27)21-7-5-4-6-12(20)16(26)24-15(11(3)25)18(28)22-13/h9-13,15,25H,4-8,20H2,1-3H3,(H,21,27)(H,22,28)(H,24,26)/t11-,12+,13+,15+/m1/s1. The second-order valence-corrected chi connectivity index (χ2v) is 7.85. The Kier molecular flexibility index (Phi) is 8.15. The van der Waals surface area contributed by atoms with Crippen LogP contribution >= 0.6 is 0 Å². The summed E-state index contributed by atoms with van der Waals surface area (Å²) in [6, 6.07) is -2.61. The SMILES string of the molecule is CC(C)C[C@@H]1NC(=O)[C@H]([C@@H](C)O)NC(=O)[C@@H](N)CCCCNC(=O)c2coc1n2. The average Bonchev–Trinajstić information content (AvgIpc) is 3.13. The van der Waals surface area contributed by atoms with Gasteiger partial charge >= 0.3 is 0 Å². The van der Waals surface area contributed by atoms with Crippen molar-refractivity contribution in [1.82, 2.24) is 20.9 Å². The maximum atomic E-state index is 12.8. The highest BCUT2D eigenvalue weighted by Gasteiger charge is 2.31. The molecular weight excluding hydrogens is 378 g/mol. The van der Waals surface area contributed by atoms with Crippen molar-refractivity contribution < 1.29 is 23.9 Å². The first kappa shape index (κ1) is 22.8. The molecule has 29 heavy (non-hydrogen) atoms. The van der Waals surface area contributed by atoms with Crippen molar-refractivity contribution in [2.75, 3.05) is 6.54 Å². The second-order valence-electron chi connectivity index (χ2n) is 7.85. The number of amides is 3. The molecule has 162 valence electrons. The molecule has 0 aliphatic carbocycles. The Balaban J connectivity index is 2.31. The van der Waals surface area contributed by atoms with Crippen molar-refractivity contribution in [2.24, 2.45) is 11.7 Å². The molecule has 1 aliphatic rings. The predicted octanol–water partition coefficient (Wildman–Crippen LogP) is -0.0154. The smallest absolute Gasteiger partial charge is 0.273 e. The fourth-order valence-corrected chi connectivity index (χ4v) is 3.08. The van der Waals surface area contributed by atoms with Crippen molar-refractivity contribution in [3.63, 3.8) is 0 Å². The number of rotatable bonds is 3. The predicted molar refractivity (Wildman–Crippen MR) is 105 cm³/mol. The Bertz CT molecular complexity index is 718. The van der Waals surface area contributed by atoms with E-state index in [1.54, 1.807) is 0 Å². The van der Waals surface area contributed by atoms with Crippen LogP contribution in [-0.2, 0) is 9.59 Å². The Morgan fingerprint density at radius 3 is 2.59 bits per heavy atom. The second kappa shape index (κ2) is 10.4. The van der Waals surface area contributed by atoms with Crippen molar-refractivity contribution in [3.05, 3.63) is 17.8 Å². The van der Waals surface area contributed by atoms with Gasteiger partial charge in [0.1, 0.15) is 18.3 Å². The van der Waals surface area contributed by atoms with Crippen LogP contribution in [0.1, 0.15) is 68.9 Å². The van der Waals surface area contributed by atoms with Crippen LogP contribution in [0.5, 0.6) is 0 Å². The third-order valence-corrected chi connectivity index (χ3v) is 4.70. The highest BCUT2D eigenvalue weighted by molar-refractivity contribution is 5.92. The Morgan fingerprint density at radius 1 is 1.21 bits per heavy atom. The van der Waals surface area contributed by atoms with Crippen molar-refractivity contribution in [2.45, 2.75) is 70.7 Å². The van der Waals surface area contributed by atoms with E-state index >= 15 is 0 Å². The first-order valence-electron chi connectivity index (χ1n) is 9.97. The molecule has 0 radical (unpaired) electrons. The summed E-state index contributed by atoms with van der Waals surface area (Å²) >= 11 is 0. The van der Waals surface area contributed by atoms with Gasteiger partial charge in [0.15, 0.2) is 5.69 Å². The molecule has 0 unspecified atom stereocenters. The quantitative estimate of drug-likeness (QED) is 0.469. The van der Waals surface area contributed by atoms with Gasteiger partial charge in [-0.2, -0.15) is 0 Å². The van der Waals surface area contributed by atoms with Gasteiger partial charge in [-0.3, -0.25) is 14.4 Å². The molecule has 2 rings (SSSR count). The number of fused-ring (bicyclic) bond motifs is 2. The van der Waals surface area contributed by atoms with Gasteiger partial charge in [0, 0.05) is 6.54 Å². The molecule has 1 aliphatic heterocycles. The lowest BCUT2D eigenvalue weighted by atomic mass is 10.0. The van der Waals surface area contributed by atoms with Crippen LogP contribution in [0.3, 0.4) is 0 Å². The largest absolute Gasteiger partial charge is 0.446 e. The summed E-state index contributed by atoms with van der Waals surface area (Å²) in [6.07, 6.45) is 2.25. The van der Waals surface area contributed by atoms with Crippen LogP contribution in [0.15, 0.2) is 10.7 Å². The van der Waals surface area contributed by atoms with Crippen molar-refractivity contribution >= 4 is 17.7 Å². The van der Waals surface area contributed by atoms with Gasteiger partial charge in [0.05, 0.1) is 12.1 Å². The molecule has 10 nitrogen and oxygen atoms in total. The number of aliphatic hydroxyl groups excluding tert-OH is 1. The van der Waals surface area contributed by atoms with Gasteiger partial charge in [-0.15, -0.1) is 0 Å². The van der Waals surface area contributed by atoms with Gasteiger partial charge in [0.2, 0.25) is 17.7 Å². The van der Waals surface area contributed by atoms with Crippen molar-refractivity contribution in [3.8, 4) is 0 Å². The molecule has 6 N–H and O–H groups in total. The first-order valence-corrected chi connectivity index (χ1v) is 9.97. The van der Waals surface area contributed by atoms with Crippen LogP contribution in [0.2, 0.25) is 0 Å². The maximum Gasteiger partial charge on any atom is 0.273 e. The number of hydrogen-bond donors (Lipinski definition) is 5. The number of nitrogens with one attached hydrogen (secondary N) is 3. The minimum atomic E-state index is -1.17. The van der Waals surface area contributed by atoms with Crippen LogP contribution in [0, 0.1) is 5.92 Å². The topological polar surface area (TPSA) is 160 Å². The van der Waals surface area contributed by atoms with E-state index < -0.39 is 36.0 Å². The first-order chi connectivity index (χ1) is 13.7. The molecule has 0 fully saturated rings. The highest BCUT2D eigenvalue weighted by Crippen LogP contribution is 2.21. The summed E-state index contributed by atoms with van der Waals surface area (Å²) in [6.45, 7) is 5.76. The lowest BCUT2D eigenvalue weighted by Crippen LogP contribution is -2.56. The van der Waals surface area contributed by atoms with Gasteiger partial charge in [-0.25, -0.2) is 4.98 Å². The number of carbonyl (C=O) groups excluding carboxylic acids is 3. The number of carbonyl (C=O) groups is 3. The molecular formula is C19H31N5O5. The minimum absolute atomic E-state index is 0.132. The van der Waals surface area contributed by atoms with Crippen LogP contribution in [0.25, 0.3) is 0 Å². The summed E-state index contributed by atoms with van der Waals surface area (Å²) in [4.78, 5) is 41.6. The summed E-state index contributed by atoms with van der Waals surface area (Å²) in [5.41, 5.74) is 6.04. The zero-order valence-electron chi connectivity index (χ0n) is 17.1. The number of aliphatic hydroxyl groups is 1. The van der Waals surface area contributed by atoms with E-state index in [-0.39, 0.29) is 23.4 Å². The molecule has 2 bridgehead atoms. The molecule has 0 aromatic carbocycles. The van der Waals surface area contributed by atoms with Crippen LogP contribution in [0.4, 0.5) is 0 Å². The molecule has 4 atom stereocenters. The van der Waals surface area contributed by atoms with E-state index in [2.05, 4.69) is 20.9 Å². The van der Waals surface area contributed by atoms with E-state index in [4.69, 9.17) is 10.2 Å². The maximum absolute atomic E-state index is 12.8. The lowest BCUT2D eigenvalue weighted by Gasteiger charge is -2.25. The monoisotopic (exact) mass is 409 g/mol. The van der Waals surface area contributed by atoms with Gasteiger partial charge in [-0.1, -0.05) is 13.8 Å².